The number of H-pyrrole nitrogens is 1. The molecule has 0 spiro atoms. The Labute approximate surface area is 159 Å². The Morgan fingerprint density at radius 2 is 2.11 bits per heavy atom. The molecule has 0 saturated carbocycles. The van der Waals surface area contributed by atoms with Crippen molar-refractivity contribution in [2.45, 2.75) is 32.7 Å². The Kier molecular flexibility index (Phi) is 5.70. The number of aromatic nitrogens is 1. The number of nitrogens with one attached hydrogen (secondary N) is 2. The summed E-state index contributed by atoms with van der Waals surface area (Å²) < 4.78 is 10.1. The minimum Gasteiger partial charge on any atom is -0.497 e. The second-order valence-electron chi connectivity index (χ2n) is 7.19. The Balaban J connectivity index is 1.90. The zero-order chi connectivity index (χ0) is 19.6. The van der Waals surface area contributed by atoms with Gasteiger partial charge in [0.05, 0.1) is 31.5 Å². The lowest BCUT2D eigenvalue weighted by molar-refractivity contribution is -0.121. The smallest absolute Gasteiger partial charge is 0.356 e. The van der Waals surface area contributed by atoms with Gasteiger partial charge in [0.2, 0.25) is 5.91 Å². The normalized spacial score (nSPS) is 18.9. The van der Waals surface area contributed by atoms with E-state index in [4.69, 9.17) is 9.47 Å². The van der Waals surface area contributed by atoms with Gasteiger partial charge in [-0.2, -0.15) is 0 Å². The van der Waals surface area contributed by atoms with Gasteiger partial charge >= 0.3 is 5.97 Å². The third-order valence-electron chi connectivity index (χ3n) is 5.26. The summed E-state index contributed by atoms with van der Waals surface area (Å²) in [7, 11) is 2.90. The lowest BCUT2D eigenvalue weighted by atomic mass is 9.99. The molecule has 2 aromatic rings. The van der Waals surface area contributed by atoms with Gasteiger partial charge in [0.25, 0.3) is 0 Å². The van der Waals surface area contributed by atoms with Crippen molar-refractivity contribution < 1.29 is 19.1 Å². The Hall–Kier alpha value is -2.54. The van der Waals surface area contributed by atoms with Crippen LogP contribution in [0.4, 0.5) is 5.69 Å². The number of anilines is 1. The molecule has 1 amide bonds. The van der Waals surface area contributed by atoms with Gasteiger partial charge < -0.3 is 19.8 Å². The average Bonchev–Trinajstić information content (AvgIpc) is 3.04. The molecule has 2 heterocycles. The molecule has 0 radical (unpaired) electrons. The van der Waals surface area contributed by atoms with Crippen molar-refractivity contribution in [3.8, 4) is 5.75 Å². The minimum absolute atomic E-state index is 0.133. The average molecular weight is 373 g/mol. The highest BCUT2D eigenvalue weighted by Gasteiger charge is 2.28. The molecule has 1 aliphatic heterocycles. The Morgan fingerprint density at radius 3 is 2.78 bits per heavy atom. The van der Waals surface area contributed by atoms with E-state index in [2.05, 4.69) is 22.1 Å². The number of hydrogen-bond donors (Lipinski definition) is 2. The van der Waals surface area contributed by atoms with Crippen molar-refractivity contribution in [3.05, 3.63) is 23.9 Å². The number of esters is 1. The third-order valence-corrected chi connectivity index (χ3v) is 5.26. The van der Waals surface area contributed by atoms with Crippen molar-refractivity contribution in [1.82, 2.24) is 9.88 Å². The number of amides is 1. The van der Waals surface area contributed by atoms with Crippen LogP contribution in [0.25, 0.3) is 10.9 Å². The third kappa shape index (κ3) is 3.93. The van der Waals surface area contributed by atoms with Crippen molar-refractivity contribution in [2.24, 2.45) is 5.92 Å². The van der Waals surface area contributed by atoms with Crippen LogP contribution in [0.2, 0.25) is 0 Å². The summed E-state index contributed by atoms with van der Waals surface area (Å²) in [6.45, 7) is 5.93. The maximum absolute atomic E-state index is 12.9. The van der Waals surface area contributed by atoms with Crippen molar-refractivity contribution in [3.63, 3.8) is 0 Å². The predicted molar refractivity (Wildman–Crippen MR) is 104 cm³/mol. The number of carbonyl (C=O) groups excluding carboxylic acids is 2. The fourth-order valence-electron chi connectivity index (χ4n) is 3.66. The summed E-state index contributed by atoms with van der Waals surface area (Å²) in [6, 6.07) is 5.12. The van der Waals surface area contributed by atoms with Gasteiger partial charge in [0.1, 0.15) is 11.4 Å². The number of aromatic amines is 1. The predicted octanol–water partition coefficient (Wildman–Crippen LogP) is 3.02. The van der Waals surface area contributed by atoms with Crippen molar-refractivity contribution in [1.29, 1.82) is 0 Å². The fourth-order valence-corrected chi connectivity index (χ4v) is 3.66. The van der Waals surface area contributed by atoms with E-state index < -0.39 is 5.97 Å². The number of nitrogens with zero attached hydrogens (tertiary/aromatic N) is 1. The first-order chi connectivity index (χ1) is 12.9. The summed E-state index contributed by atoms with van der Waals surface area (Å²) in [5.41, 5.74) is 1.37. The fraction of sp³-hybridized carbons (Fsp3) is 0.500. The van der Waals surface area contributed by atoms with E-state index in [1.165, 1.54) is 13.5 Å². The van der Waals surface area contributed by atoms with Crippen LogP contribution in [0, 0.1) is 5.92 Å². The first-order valence-electron chi connectivity index (χ1n) is 9.27. The van der Waals surface area contributed by atoms with Crippen LogP contribution in [-0.4, -0.2) is 55.1 Å². The quantitative estimate of drug-likeness (QED) is 0.787. The van der Waals surface area contributed by atoms with E-state index >= 15 is 0 Å². The molecule has 146 valence electrons. The number of methoxy groups -OCH3 is 2. The molecule has 7 nitrogen and oxygen atoms in total. The van der Waals surface area contributed by atoms with Gasteiger partial charge in [0.15, 0.2) is 0 Å². The number of likely N-dealkylation sites (tertiary alicyclic amines) is 1. The highest BCUT2D eigenvalue weighted by Crippen LogP contribution is 2.31. The SMILES string of the molecule is COC(=O)c1[nH]c2cc(OC)ccc2c1NC(=O)C(C)N1CCCC(C)C1. The molecule has 2 unspecified atom stereocenters. The molecule has 27 heavy (non-hydrogen) atoms. The highest BCUT2D eigenvalue weighted by atomic mass is 16.5. The molecule has 0 bridgehead atoms. The Morgan fingerprint density at radius 1 is 1.33 bits per heavy atom. The minimum atomic E-state index is -0.528. The number of piperidine rings is 1. The standard InChI is InChI=1S/C20H27N3O4/c1-12-6-5-9-23(11-12)13(2)19(24)22-17-15-8-7-14(26-3)10-16(15)21-18(17)20(25)27-4/h7-8,10,12-13,21H,5-6,9,11H2,1-4H3,(H,22,24). The number of benzene rings is 1. The van der Waals surface area contributed by atoms with Crippen LogP contribution >= 0.6 is 0 Å². The van der Waals surface area contributed by atoms with Crippen molar-refractivity contribution in [2.75, 3.05) is 32.6 Å². The molecule has 1 saturated heterocycles. The zero-order valence-electron chi connectivity index (χ0n) is 16.3. The molecule has 1 aromatic heterocycles. The van der Waals surface area contributed by atoms with Crippen molar-refractivity contribution >= 4 is 28.5 Å². The monoisotopic (exact) mass is 373 g/mol. The van der Waals surface area contributed by atoms with Crippen LogP contribution in [0.3, 0.4) is 0 Å². The molecule has 1 fully saturated rings. The number of fused-ring (bicyclic) bond motifs is 1. The first kappa shape index (κ1) is 19.2. The number of ether oxygens (including phenoxy) is 2. The number of carbonyl (C=O) groups is 2. The molecule has 3 rings (SSSR count). The van der Waals surface area contributed by atoms with Crippen LogP contribution in [-0.2, 0) is 9.53 Å². The van der Waals surface area contributed by atoms with Gasteiger partial charge in [-0.3, -0.25) is 9.69 Å². The van der Waals surface area contributed by atoms with E-state index in [1.54, 1.807) is 19.2 Å². The molecular weight excluding hydrogens is 346 g/mol. The zero-order valence-corrected chi connectivity index (χ0v) is 16.3. The van der Waals surface area contributed by atoms with Crippen LogP contribution in [0.1, 0.15) is 37.2 Å². The molecule has 0 aliphatic carbocycles. The summed E-state index contributed by atoms with van der Waals surface area (Å²) in [6.07, 6.45) is 2.29. The van der Waals surface area contributed by atoms with Crippen LogP contribution in [0.15, 0.2) is 18.2 Å². The van der Waals surface area contributed by atoms with E-state index in [0.717, 1.165) is 24.9 Å². The number of rotatable bonds is 5. The Bertz CT molecular complexity index is 845. The second kappa shape index (κ2) is 8.00. The van der Waals surface area contributed by atoms with E-state index in [0.29, 0.717) is 22.9 Å². The van der Waals surface area contributed by atoms with Gasteiger partial charge in [-0.25, -0.2) is 4.79 Å². The molecule has 1 aromatic carbocycles. The molecule has 1 aliphatic rings. The van der Waals surface area contributed by atoms with Gasteiger partial charge in [-0.1, -0.05) is 6.92 Å². The maximum Gasteiger partial charge on any atom is 0.356 e. The van der Waals surface area contributed by atoms with Gasteiger partial charge in [-0.15, -0.1) is 0 Å². The molecular formula is C20H27N3O4. The van der Waals surface area contributed by atoms with E-state index in [1.807, 2.05) is 13.0 Å². The molecule has 2 atom stereocenters. The molecule has 2 N–H and O–H groups in total. The van der Waals surface area contributed by atoms with Gasteiger partial charge in [0, 0.05) is 18.0 Å². The first-order valence-corrected chi connectivity index (χ1v) is 9.27. The number of hydrogen-bond acceptors (Lipinski definition) is 5. The largest absolute Gasteiger partial charge is 0.497 e. The van der Waals surface area contributed by atoms with E-state index in [9.17, 15) is 9.59 Å². The lowest BCUT2D eigenvalue weighted by Gasteiger charge is -2.34. The highest BCUT2D eigenvalue weighted by molar-refractivity contribution is 6.11. The van der Waals surface area contributed by atoms with Gasteiger partial charge in [-0.05, 0) is 44.4 Å². The summed E-state index contributed by atoms with van der Waals surface area (Å²) >= 11 is 0. The maximum atomic E-state index is 12.9. The summed E-state index contributed by atoms with van der Waals surface area (Å²) in [4.78, 5) is 30.3. The second-order valence-corrected chi connectivity index (χ2v) is 7.19. The van der Waals surface area contributed by atoms with Crippen LogP contribution < -0.4 is 10.1 Å². The topological polar surface area (TPSA) is 83.7 Å². The summed E-state index contributed by atoms with van der Waals surface area (Å²) in [5.74, 6) is 0.583. The molecule has 7 heteroatoms. The van der Waals surface area contributed by atoms with E-state index in [-0.39, 0.29) is 17.6 Å². The van der Waals surface area contributed by atoms with Crippen LogP contribution in [0.5, 0.6) is 5.75 Å². The summed E-state index contributed by atoms with van der Waals surface area (Å²) in [5, 5.41) is 3.68. The lowest BCUT2D eigenvalue weighted by Crippen LogP contribution is -2.46.